The highest BCUT2D eigenvalue weighted by Crippen LogP contribution is 2.38. The summed E-state index contributed by atoms with van der Waals surface area (Å²) in [6.45, 7) is 0. The van der Waals surface area contributed by atoms with Gasteiger partial charge in [-0.3, -0.25) is 0 Å². The Bertz CT molecular complexity index is 1220. The number of nitrogens with zero attached hydrogens (tertiary/aromatic N) is 1. The minimum atomic E-state index is 1.19. The zero-order chi connectivity index (χ0) is 17.5. The molecule has 0 amide bonds. The Morgan fingerprint density at radius 3 is 2.08 bits per heavy atom. The Morgan fingerprint density at radius 2 is 1.27 bits per heavy atom. The molecule has 1 nitrogen and oxygen atoms in total. The fourth-order valence-electron chi connectivity index (χ4n) is 3.74. The molecule has 0 aliphatic rings. The van der Waals surface area contributed by atoms with Crippen LogP contribution in [0.1, 0.15) is 0 Å². The molecule has 1 aromatic heterocycles. The van der Waals surface area contributed by atoms with Crippen LogP contribution >= 0.6 is 22.6 Å². The molecule has 0 atom stereocenters. The van der Waals surface area contributed by atoms with Crippen molar-refractivity contribution in [3.8, 4) is 16.8 Å². The predicted octanol–water partition coefficient (Wildman–Crippen LogP) is 7.06. The van der Waals surface area contributed by atoms with Gasteiger partial charge in [0.05, 0.1) is 11.0 Å². The van der Waals surface area contributed by atoms with Crippen LogP contribution in [0, 0.1) is 3.57 Å². The summed E-state index contributed by atoms with van der Waals surface area (Å²) in [4.78, 5) is 0. The molecule has 5 rings (SSSR count). The van der Waals surface area contributed by atoms with Gasteiger partial charge >= 0.3 is 0 Å². The van der Waals surface area contributed by atoms with Crippen molar-refractivity contribution in [1.29, 1.82) is 0 Å². The molecule has 124 valence electrons. The zero-order valence-corrected chi connectivity index (χ0v) is 16.2. The third kappa shape index (κ3) is 2.44. The third-order valence-electron chi connectivity index (χ3n) is 4.87. The van der Waals surface area contributed by atoms with Crippen molar-refractivity contribution < 1.29 is 0 Å². The molecule has 0 aliphatic carbocycles. The van der Waals surface area contributed by atoms with Crippen molar-refractivity contribution in [1.82, 2.24) is 4.57 Å². The Hall–Kier alpha value is -2.59. The monoisotopic (exact) mass is 445 g/mol. The van der Waals surface area contributed by atoms with Crippen LogP contribution in [-0.2, 0) is 0 Å². The average Bonchev–Trinajstić information content (AvgIpc) is 3.04. The first kappa shape index (κ1) is 15.6. The van der Waals surface area contributed by atoms with Crippen molar-refractivity contribution in [2.75, 3.05) is 0 Å². The van der Waals surface area contributed by atoms with Gasteiger partial charge in [0.15, 0.2) is 0 Å². The van der Waals surface area contributed by atoms with Gasteiger partial charge in [-0.2, -0.15) is 0 Å². The molecule has 26 heavy (non-hydrogen) atoms. The number of hydrogen-bond acceptors (Lipinski definition) is 0. The van der Waals surface area contributed by atoms with Gasteiger partial charge in [-0.15, -0.1) is 0 Å². The number of hydrogen-bond donors (Lipinski definition) is 0. The van der Waals surface area contributed by atoms with E-state index in [0.717, 1.165) is 0 Å². The molecule has 0 radical (unpaired) electrons. The van der Waals surface area contributed by atoms with Crippen LogP contribution in [0.5, 0.6) is 0 Å². The topological polar surface area (TPSA) is 4.93 Å². The third-order valence-corrected chi connectivity index (χ3v) is 5.59. The van der Waals surface area contributed by atoms with E-state index in [1.54, 1.807) is 0 Å². The van der Waals surface area contributed by atoms with Gasteiger partial charge in [-0.25, -0.2) is 0 Å². The number of rotatable bonds is 2. The van der Waals surface area contributed by atoms with Crippen molar-refractivity contribution in [2.24, 2.45) is 0 Å². The zero-order valence-electron chi connectivity index (χ0n) is 14.1. The Morgan fingerprint density at radius 1 is 0.577 bits per heavy atom. The van der Waals surface area contributed by atoms with E-state index in [2.05, 4.69) is 124 Å². The minimum Gasteiger partial charge on any atom is -0.309 e. The molecular weight excluding hydrogens is 429 g/mol. The van der Waals surface area contributed by atoms with E-state index in [1.807, 2.05) is 0 Å². The van der Waals surface area contributed by atoms with E-state index in [4.69, 9.17) is 0 Å². The predicted molar refractivity (Wildman–Crippen MR) is 119 cm³/mol. The van der Waals surface area contributed by atoms with Crippen molar-refractivity contribution >= 4 is 44.4 Å². The van der Waals surface area contributed by atoms with E-state index in [-0.39, 0.29) is 0 Å². The van der Waals surface area contributed by atoms with E-state index >= 15 is 0 Å². The molecule has 0 saturated heterocycles. The number of fused-ring (bicyclic) bond motifs is 3. The fraction of sp³-hybridized carbons (Fsp3) is 0. The molecule has 0 bridgehead atoms. The highest BCUT2D eigenvalue weighted by Gasteiger charge is 2.15. The lowest BCUT2D eigenvalue weighted by Crippen LogP contribution is -1.92. The Balaban J connectivity index is 1.92. The second-order valence-corrected chi connectivity index (χ2v) is 7.64. The second kappa shape index (κ2) is 6.29. The highest BCUT2D eigenvalue weighted by molar-refractivity contribution is 14.1. The number of halogens is 1. The summed E-state index contributed by atoms with van der Waals surface area (Å²) in [6, 6.07) is 34.7. The SMILES string of the molecule is Ic1ccc(-c2cccc3c2c2ccccc2n3-c2ccccc2)cc1. The first-order valence-electron chi connectivity index (χ1n) is 8.66. The van der Waals surface area contributed by atoms with Crippen LogP contribution in [0.4, 0.5) is 0 Å². The molecule has 0 N–H and O–H groups in total. The van der Waals surface area contributed by atoms with Gasteiger partial charge in [0, 0.05) is 20.0 Å². The lowest BCUT2D eigenvalue weighted by atomic mass is 9.99. The van der Waals surface area contributed by atoms with Gasteiger partial charge in [0.25, 0.3) is 0 Å². The summed E-state index contributed by atoms with van der Waals surface area (Å²) < 4.78 is 3.62. The lowest BCUT2D eigenvalue weighted by Gasteiger charge is -2.08. The molecule has 0 fully saturated rings. The van der Waals surface area contributed by atoms with Gasteiger partial charge in [-0.1, -0.05) is 60.7 Å². The first-order valence-corrected chi connectivity index (χ1v) is 9.74. The lowest BCUT2D eigenvalue weighted by molar-refractivity contribution is 1.18. The molecule has 2 heteroatoms. The Labute approximate surface area is 166 Å². The molecule has 1 heterocycles. The van der Waals surface area contributed by atoms with Gasteiger partial charge in [-0.05, 0) is 70.1 Å². The van der Waals surface area contributed by atoms with E-state index in [0.29, 0.717) is 0 Å². The van der Waals surface area contributed by atoms with E-state index in [1.165, 1.54) is 42.2 Å². The van der Waals surface area contributed by atoms with Gasteiger partial charge in [0.1, 0.15) is 0 Å². The first-order chi connectivity index (χ1) is 12.8. The molecule has 4 aromatic carbocycles. The van der Waals surface area contributed by atoms with Gasteiger partial charge < -0.3 is 4.57 Å². The second-order valence-electron chi connectivity index (χ2n) is 6.39. The van der Waals surface area contributed by atoms with Crippen LogP contribution in [0.15, 0.2) is 97.1 Å². The average molecular weight is 445 g/mol. The van der Waals surface area contributed by atoms with Crippen molar-refractivity contribution in [3.05, 3.63) is 101 Å². The normalized spacial score (nSPS) is 11.3. The van der Waals surface area contributed by atoms with Crippen LogP contribution < -0.4 is 0 Å². The Kier molecular flexibility index (Phi) is 3.79. The van der Waals surface area contributed by atoms with Gasteiger partial charge in [0.2, 0.25) is 0 Å². The summed E-state index contributed by atoms with van der Waals surface area (Å²) in [7, 11) is 0. The van der Waals surface area contributed by atoms with Crippen LogP contribution in [0.25, 0.3) is 38.6 Å². The fourth-order valence-corrected chi connectivity index (χ4v) is 4.10. The number of benzene rings is 4. The van der Waals surface area contributed by atoms with Crippen LogP contribution in [0.2, 0.25) is 0 Å². The minimum absolute atomic E-state index is 1.19. The quantitative estimate of drug-likeness (QED) is 0.257. The molecule has 0 aliphatic heterocycles. The number of aromatic nitrogens is 1. The maximum absolute atomic E-state index is 2.36. The summed E-state index contributed by atoms with van der Waals surface area (Å²) in [6.07, 6.45) is 0. The molecule has 0 spiro atoms. The highest BCUT2D eigenvalue weighted by atomic mass is 127. The smallest absolute Gasteiger partial charge is 0.0547 e. The summed E-state index contributed by atoms with van der Waals surface area (Å²) in [5.74, 6) is 0. The summed E-state index contributed by atoms with van der Waals surface area (Å²) in [5.41, 5.74) is 6.22. The van der Waals surface area contributed by atoms with Crippen molar-refractivity contribution in [2.45, 2.75) is 0 Å². The summed E-state index contributed by atoms with van der Waals surface area (Å²) >= 11 is 2.36. The van der Waals surface area contributed by atoms with Crippen LogP contribution in [-0.4, -0.2) is 4.57 Å². The molecular formula is C24H16IN. The van der Waals surface area contributed by atoms with Crippen LogP contribution in [0.3, 0.4) is 0 Å². The maximum atomic E-state index is 2.36. The number of para-hydroxylation sites is 2. The van der Waals surface area contributed by atoms with E-state index in [9.17, 15) is 0 Å². The summed E-state index contributed by atoms with van der Waals surface area (Å²) in [5, 5.41) is 2.61. The van der Waals surface area contributed by atoms with E-state index < -0.39 is 0 Å². The maximum Gasteiger partial charge on any atom is 0.0547 e. The molecule has 5 aromatic rings. The molecule has 0 unspecified atom stereocenters. The molecule has 0 saturated carbocycles. The van der Waals surface area contributed by atoms with Crippen molar-refractivity contribution in [3.63, 3.8) is 0 Å². The standard InChI is InChI=1S/C24H16IN/c25-18-15-13-17(14-16-18)20-10-6-12-23-24(20)21-9-4-5-11-22(21)26(23)19-7-2-1-3-8-19/h1-16H. The largest absolute Gasteiger partial charge is 0.309 e.